The van der Waals surface area contributed by atoms with Gasteiger partial charge in [0.25, 0.3) is 0 Å². The number of unbranched alkanes of at least 4 members (excludes halogenated alkanes) is 7. The highest BCUT2D eigenvalue weighted by Crippen LogP contribution is 2.08. The quantitative estimate of drug-likeness (QED) is 0.283. The van der Waals surface area contributed by atoms with Crippen molar-refractivity contribution in [3.63, 3.8) is 0 Å². The van der Waals surface area contributed by atoms with Crippen molar-refractivity contribution < 1.29 is 23.7 Å². The molecule has 5 heteroatoms. The first-order valence-corrected chi connectivity index (χ1v) is 9.14. The summed E-state index contributed by atoms with van der Waals surface area (Å²) < 4.78 is 20.9. The van der Waals surface area contributed by atoms with Crippen molar-refractivity contribution in [1.29, 1.82) is 0 Å². The molecule has 0 aromatic carbocycles. The fourth-order valence-electron chi connectivity index (χ4n) is 2.12. The number of rotatable bonds is 18. The van der Waals surface area contributed by atoms with Gasteiger partial charge in [0.15, 0.2) is 0 Å². The average molecular weight is 332 g/mol. The SMILES string of the molecule is CCCCCCCCCCOCCOCCOCCOC(C)=O. The Kier molecular flexibility index (Phi) is 18.8. The molecule has 5 nitrogen and oxygen atoms in total. The molecule has 0 amide bonds. The first-order chi connectivity index (χ1) is 11.3. The minimum absolute atomic E-state index is 0.279. The van der Waals surface area contributed by atoms with Crippen molar-refractivity contribution in [2.24, 2.45) is 0 Å². The molecule has 0 aromatic heterocycles. The van der Waals surface area contributed by atoms with E-state index in [2.05, 4.69) is 6.92 Å². The van der Waals surface area contributed by atoms with Crippen molar-refractivity contribution in [1.82, 2.24) is 0 Å². The summed E-state index contributed by atoms with van der Waals surface area (Å²) in [5.74, 6) is -0.279. The van der Waals surface area contributed by atoms with Gasteiger partial charge in [-0.1, -0.05) is 51.9 Å². The number of carbonyl (C=O) groups is 1. The van der Waals surface area contributed by atoms with Crippen molar-refractivity contribution in [3.8, 4) is 0 Å². The van der Waals surface area contributed by atoms with E-state index in [1.54, 1.807) is 0 Å². The Bertz CT molecular complexity index is 246. The third-order valence-corrected chi connectivity index (χ3v) is 3.42. The van der Waals surface area contributed by atoms with Crippen LogP contribution in [0.25, 0.3) is 0 Å². The van der Waals surface area contributed by atoms with E-state index in [0.29, 0.717) is 39.6 Å². The second kappa shape index (κ2) is 19.4. The lowest BCUT2D eigenvalue weighted by atomic mass is 10.1. The standard InChI is InChI=1S/C18H36O5/c1-3-4-5-6-7-8-9-10-11-20-12-13-21-14-15-22-16-17-23-18(2)19/h3-17H2,1-2H3. The van der Waals surface area contributed by atoms with Gasteiger partial charge >= 0.3 is 5.97 Å². The molecule has 0 saturated heterocycles. The van der Waals surface area contributed by atoms with Gasteiger partial charge in [-0.2, -0.15) is 0 Å². The highest BCUT2D eigenvalue weighted by Gasteiger charge is 1.95. The van der Waals surface area contributed by atoms with Crippen LogP contribution in [0.3, 0.4) is 0 Å². The molecule has 0 rings (SSSR count). The Hall–Kier alpha value is -0.650. The Labute approximate surface area is 142 Å². The molecule has 0 aliphatic carbocycles. The van der Waals surface area contributed by atoms with Crippen molar-refractivity contribution >= 4 is 5.97 Å². The summed E-state index contributed by atoms with van der Waals surface area (Å²) in [5, 5.41) is 0. The van der Waals surface area contributed by atoms with E-state index in [1.165, 1.54) is 51.9 Å². The summed E-state index contributed by atoms with van der Waals surface area (Å²) in [6, 6.07) is 0. The third kappa shape index (κ3) is 21.4. The zero-order chi connectivity index (χ0) is 17.0. The van der Waals surface area contributed by atoms with Crippen molar-refractivity contribution in [2.75, 3.05) is 46.2 Å². The van der Waals surface area contributed by atoms with Crippen LogP contribution in [-0.4, -0.2) is 52.2 Å². The Morgan fingerprint density at radius 2 is 1.04 bits per heavy atom. The van der Waals surface area contributed by atoms with E-state index in [0.717, 1.165) is 13.0 Å². The average Bonchev–Trinajstić information content (AvgIpc) is 2.53. The van der Waals surface area contributed by atoms with Crippen molar-refractivity contribution in [2.45, 2.75) is 65.2 Å². The van der Waals surface area contributed by atoms with Crippen LogP contribution < -0.4 is 0 Å². The van der Waals surface area contributed by atoms with Gasteiger partial charge < -0.3 is 18.9 Å². The number of hydrogen-bond donors (Lipinski definition) is 0. The van der Waals surface area contributed by atoms with Crippen LogP contribution in [-0.2, 0) is 23.7 Å². The topological polar surface area (TPSA) is 54.0 Å². The molecule has 0 unspecified atom stereocenters. The minimum Gasteiger partial charge on any atom is -0.463 e. The van der Waals surface area contributed by atoms with Crippen LogP contribution in [0.4, 0.5) is 0 Å². The normalized spacial score (nSPS) is 10.9. The molecule has 0 bridgehead atoms. The zero-order valence-electron chi connectivity index (χ0n) is 15.1. The summed E-state index contributed by atoms with van der Waals surface area (Å²) >= 11 is 0. The second-order valence-electron chi connectivity index (χ2n) is 5.65. The number of carbonyl (C=O) groups excluding carboxylic acids is 1. The zero-order valence-corrected chi connectivity index (χ0v) is 15.1. The second-order valence-corrected chi connectivity index (χ2v) is 5.65. The summed E-state index contributed by atoms with van der Waals surface area (Å²) in [5.41, 5.74) is 0. The fourth-order valence-corrected chi connectivity index (χ4v) is 2.12. The van der Waals surface area contributed by atoms with Crippen molar-refractivity contribution in [3.05, 3.63) is 0 Å². The predicted molar refractivity (Wildman–Crippen MR) is 91.7 cm³/mol. The molecular weight excluding hydrogens is 296 g/mol. The maximum atomic E-state index is 10.5. The van der Waals surface area contributed by atoms with Gasteiger partial charge in [0.2, 0.25) is 0 Å². The molecule has 0 N–H and O–H groups in total. The Morgan fingerprint density at radius 3 is 1.57 bits per heavy atom. The lowest BCUT2D eigenvalue weighted by molar-refractivity contribution is -0.142. The maximum absolute atomic E-state index is 10.5. The molecule has 138 valence electrons. The molecule has 0 spiro atoms. The van der Waals surface area contributed by atoms with Gasteiger partial charge in [0, 0.05) is 13.5 Å². The van der Waals surface area contributed by atoms with Crippen LogP contribution in [0.5, 0.6) is 0 Å². The molecular formula is C18H36O5. The highest BCUT2D eigenvalue weighted by molar-refractivity contribution is 5.65. The van der Waals surface area contributed by atoms with Crippen LogP contribution in [0, 0.1) is 0 Å². The summed E-state index contributed by atoms with van der Waals surface area (Å²) in [6.45, 7) is 7.48. The summed E-state index contributed by atoms with van der Waals surface area (Å²) in [6.07, 6.45) is 10.6. The molecule has 0 heterocycles. The van der Waals surface area contributed by atoms with Crippen LogP contribution >= 0.6 is 0 Å². The van der Waals surface area contributed by atoms with Crippen LogP contribution in [0.1, 0.15) is 65.2 Å². The van der Waals surface area contributed by atoms with E-state index in [9.17, 15) is 4.79 Å². The Morgan fingerprint density at radius 1 is 0.609 bits per heavy atom. The van der Waals surface area contributed by atoms with E-state index in [1.807, 2.05) is 0 Å². The Balaban J connectivity index is 2.96. The summed E-state index contributed by atoms with van der Waals surface area (Å²) in [7, 11) is 0. The smallest absolute Gasteiger partial charge is 0.302 e. The van der Waals surface area contributed by atoms with Gasteiger partial charge in [-0.3, -0.25) is 4.79 Å². The predicted octanol–water partition coefficient (Wildman–Crippen LogP) is 3.74. The molecule has 0 aromatic rings. The molecule has 0 aliphatic heterocycles. The van der Waals surface area contributed by atoms with Gasteiger partial charge in [0.05, 0.1) is 33.0 Å². The number of esters is 1. The first-order valence-electron chi connectivity index (χ1n) is 9.14. The van der Waals surface area contributed by atoms with E-state index >= 15 is 0 Å². The monoisotopic (exact) mass is 332 g/mol. The molecule has 0 radical (unpaired) electrons. The highest BCUT2D eigenvalue weighted by atomic mass is 16.6. The molecule has 0 fully saturated rings. The third-order valence-electron chi connectivity index (χ3n) is 3.42. The van der Waals surface area contributed by atoms with Crippen LogP contribution in [0.2, 0.25) is 0 Å². The van der Waals surface area contributed by atoms with Gasteiger partial charge in [-0.15, -0.1) is 0 Å². The van der Waals surface area contributed by atoms with Gasteiger partial charge in [-0.05, 0) is 6.42 Å². The summed E-state index contributed by atoms with van der Waals surface area (Å²) in [4.78, 5) is 10.5. The lowest BCUT2D eigenvalue weighted by Gasteiger charge is -2.07. The number of hydrogen-bond acceptors (Lipinski definition) is 5. The lowest BCUT2D eigenvalue weighted by Crippen LogP contribution is -2.13. The molecule has 23 heavy (non-hydrogen) atoms. The number of ether oxygens (including phenoxy) is 4. The van der Waals surface area contributed by atoms with Gasteiger partial charge in [0.1, 0.15) is 6.61 Å². The van der Waals surface area contributed by atoms with Crippen LogP contribution in [0.15, 0.2) is 0 Å². The largest absolute Gasteiger partial charge is 0.463 e. The van der Waals surface area contributed by atoms with Gasteiger partial charge in [-0.25, -0.2) is 0 Å². The van der Waals surface area contributed by atoms with E-state index < -0.39 is 0 Å². The molecule has 0 atom stereocenters. The maximum Gasteiger partial charge on any atom is 0.302 e. The molecule has 0 aliphatic rings. The molecule has 0 saturated carbocycles. The minimum atomic E-state index is -0.279. The first kappa shape index (κ1) is 22.4. The van der Waals surface area contributed by atoms with E-state index in [4.69, 9.17) is 18.9 Å². The fraction of sp³-hybridized carbons (Fsp3) is 0.944. The van der Waals surface area contributed by atoms with E-state index in [-0.39, 0.29) is 5.97 Å².